The van der Waals surface area contributed by atoms with E-state index in [9.17, 15) is 9.59 Å². The summed E-state index contributed by atoms with van der Waals surface area (Å²) in [7, 11) is 0. The number of nitrogens with one attached hydrogen (secondary N) is 1. The molecule has 1 aliphatic rings. The molecule has 0 radical (unpaired) electrons. The molecule has 1 N–H and O–H groups in total. The molecule has 6 heteroatoms. The fourth-order valence-corrected chi connectivity index (χ4v) is 3.56. The van der Waals surface area contributed by atoms with E-state index >= 15 is 0 Å². The van der Waals surface area contributed by atoms with Gasteiger partial charge < -0.3 is 19.9 Å². The molecule has 1 aliphatic heterocycles. The minimum absolute atomic E-state index is 0.00599. The summed E-state index contributed by atoms with van der Waals surface area (Å²) >= 11 is 0. The van der Waals surface area contributed by atoms with Gasteiger partial charge in [-0.3, -0.25) is 9.59 Å². The molecule has 0 aliphatic carbocycles. The number of hydrogen-bond donors (Lipinski definition) is 1. The van der Waals surface area contributed by atoms with Gasteiger partial charge in [0.15, 0.2) is 6.61 Å². The Bertz CT molecular complexity index is 829. The van der Waals surface area contributed by atoms with Crippen LogP contribution in [0.15, 0.2) is 48.5 Å². The lowest BCUT2D eigenvalue weighted by atomic mass is 10.1. The number of rotatable bonds is 8. The Balaban J connectivity index is 1.75. The molecule has 0 atom stereocenters. The second-order valence-electron chi connectivity index (χ2n) is 7.05. The molecule has 0 saturated carbocycles. The summed E-state index contributed by atoms with van der Waals surface area (Å²) in [5.41, 5.74) is 2.18. The van der Waals surface area contributed by atoms with Gasteiger partial charge in [-0.2, -0.15) is 0 Å². The Morgan fingerprint density at radius 3 is 2.38 bits per heavy atom. The molecule has 2 aromatic carbocycles. The van der Waals surface area contributed by atoms with E-state index in [0.717, 1.165) is 31.6 Å². The topological polar surface area (TPSA) is 61.9 Å². The lowest BCUT2D eigenvalue weighted by Crippen LogP contribution is -2.32. The number of benzene rings is 2. The third kappa shape index (κ3) is 5.28. The first kappa shape index (κ1) is 20.7. The SMILES string of the molecule is CCN(CC)C(=O)c1cc(NC(=O)COc2ccccc2)ccc1N1CCCC1. The van der Waals surface area contributed by atoms with Crippen LogP contribution in [0, 0.1) is 0 Å². The number of nitrogens with zero attached hydrogens (tertiary/aromatic N) is 2. The van der Waals surface area contributed by atoms with E-state index in [1.54, 1.807) is 23.1 Å². The molecule has 6 nitrogen and oxygen atoms in total. The smallest absolute Gasteiger partial charge is 0.262 e. The predicted octanol–water partition coefficient (Wildman–Crippen LogP) is 3.79. The fourth-order valence-electron chi connectivity index (χ4n) is 3.56. The quantitative estimate of drug-likeness (QED) is 0.739. The van der Waals surface area contributed by atoms with Gasteiger partial charge in [-0.25, -0.2) is 0 Å². The van der Waals surface area contributed by atoms with Crippen LogP contribution in [0.1, 0.15) is 37.0 Å². The van der Waals surface area contributed by atoms with Crippen molar-refractivity contribution < 1.29 is 14.3 Å². The zero-order chi connectivity index (χ0) is 20.6. The maximum Gasteiger partial charge on any atom is 0.262 e. The molecule has 1 saturated heterocycles. The highest BCUT2D eigenvalue weighted by atomic mass is 16.5. The largest absolute Gasteiger partial charge is 0.484 e. The number of ether oxygens (including phenoxy) is 1. The van der Waals surface area contributed by atoms with Crippen molar-refractivity contribution in [3.63, 3.8) is 0 Å². The van der Waals surface area contributed by atoms with Crippen LogP contribution >= 0.6 is 0 Å². The number of carbonyl (C=O) groups excluding carboxylic acids is 2. The van der Waals surface area contributed by atoms with Crippen molar-refractivity contribution in [3.05, 3.63) is 54.1 Å². The summed E-state index contributed by atoms with van der Waals surface area (Å²) in [6.07, 6.45) is 2.27. The molecule has 1 fully saturated rings. The molecule has 2 amide bonds. The first-order chi connectivity index (χ1) is 14.1. The summed E-state index contributed by atoms with van der Waals surface area (Å²) in [6.45, 7) is 7.07. The highest BCUT2D eigenvalue weighted by Gasteiger charge is 2.23. The molecule has 0 unspecified atom stereocenters. The van der Waals surface area contributed by atoms with E-state index in [2.05, 4.69) is 10.2 Å². The molecule has 29 heavy (non-hydrogen) atoms. The minimum atomic E-state index is -0.260. The zero-order valence-corrected chi connectivity index (χ0v) is 17.2. The number of hydrogen-bond acceptors (Lipinski definition) is 4. The van der Waals surface area contributed by atoms with E-state index in [4.69, 9.17) is 4.74 Å². The van der Waals surface area contributed by atoms with Crippen LogP contribution in [0.4, 0.5) is 11.4 Å². The molecule has 2 aromatic rings. The number of amides is 2. The van der Waals surface area contributed by atoms with Crippen LogP contribution in [0.2, 0.25) is 0 Å². The predicted molar refractivity (Wildman–Crippen MR) is 116 cm³/mol. The number of para-hydroxylation sites is 1. The highest BCUT2D eigenvalue weighted by molar-refractivity contribution is 6.02. The van der Waals surface area contributed by atoms with Crippen molar-refractivity contribution >= 4 is 23.2 Å². The number of carbonyl (C=O) groups is 2. The summed E-state index contributed by atoms with van der Waals surface area (Å²) < 4.78 is 5.50. The van der Waals surface area contributed by atoms with Crippen molar-refractivity contribution in [3.8, 4) is 5.75 Å². The van der Waals surface area contributed by atoms with Gasteiger partial charge >= 0.3 is 0 Å². The Morgan fingerprint density at radius 2 is 1.72 bits per heavy atom. The molecule has 1 heterocycles. The maximum absolute atomic E-state index is 13.1. The van der Waals surface area contributed by atoms with E-state index in [0.29, 0.717) is 30.1 Å². The Kier molecular flexibility index (Phi) is 7.11. The van der Waals surface area contributed by atoms with Crippen LogP contribution in [-0.4, -0.2) is 49.5 Å². The summed E-state index contributed by atoms with van der Waals surface area (Å²) in [4.78, 5) is 29.5. The van der Waals surface area contributed by atoms with Crippen LogP contribution in [-0.2, 0) is 4.79 Å². The second-order valence-corrected chi connectivity index (χ2v) is 7.05. The standard InChI is InChI=1S/C23H29N3O3/c1-3-25(4-2)23(28)20-16-18(12-13-21(20)26-14-8-9-15-26)24-22(27)17-29-19-10-6-5-7-11-19/h5-7,10-13,16H,3-4,8-9,14-15,17H2,1-2H3,(H,24,27). The van der Waals surface area contributed by atoms with Crippen LogP contribution in [0.3, 0.4) is 0 Å². The molecule has 3 rings (SSSR count). The first-order valence-corrected chi connectivity index (χ1v) is 10.3. The molecule has 0 bridgehead atoms. The molecule has 0 spiro atoms. The summed E-state index contributed by atoms with van der Waals surface area (Å²) in [5, 5.41) is 2.85. The fraction of sp³-hybridized carbons (Fsp3) is 0.391. The van der Waals surface area contributed by atoms with E-state index in [-0.39, 0.29) is 18.4 Å². The lowest BCUT2D eigenvalue weighted by Gasteiger charge is -2.25. The normalized spacial score (nSPS) is 13.2. The average molecular weight is 396 g/mol. The van der Waals surface area contributed by atoms with E-state index in [1.807, 2.05) is 44.2 Å². The van der Waals surface area contributed by atoms with Gasteiger partial charge in [0.2, 0.25) is 0 Å². The zero-order valence-electron chi connectivity index (χ0n) is 17.2. The van der Waals surface area contributed by atoms with Gasteiger partial charge in [-0.1, -0.05) is 18.2 Å². The van der Waals surface area contributed by atoms with E-state index < -0.39 is 0 Å². The molecular formula is C23H29N3O3. The maximum atomic E-state index is 13.1. The van der Waals surface area contributed by atoms with Gasteiger partial charge in [0, 0.05) is 37.6 Å². The number of anilines is 2. The molecular weight excluding hydrogens is 366 g/mol. The van der Waals surface area contributed by atoms with Crippen molar-refractivity contribution in [2.45, 2.75) is 26.7 Å². The monoisotopic (exact) mass is 395 g/mol. The second kappa shape index (κ2) is 9.96. The Labute approximate surface area is 172 Å². The van der Waals surface area contributed by atoms with Crippen LogP contribution < -0.4 is 15.0 Å². The van der Waals surface area contributed by atoms with Gasteiger partial charge in [0.1, 0.15) is 5.75 Å². The van der Waals surface area contributed by atoms with E-state index in [1.165, 1.54) is 0 Å². The highest BCUT2D eigenvalue weighted by Crippen LogP contribution is 2.28. The molecule has 0 aromatic heterocycles. The summed E-state index contributed by atoms with van der Waals surface area (Å²) in [5.74, 6) is 0.377. The van der Waals surface area contributed by atoms with Gasteiger partial charge in [-0.15, -0.1) is 0 Å². The minimum Gasteiger partial charge on any atom is -0.484 e. The van der Waals surface area contributed by atoms with Crippen molar-refractivity contribution in [2.24, 2.45) is 0 Å². The molecule has 154 valence electrons. The van der Waals surface area contributed by atoms with Gasteiger partial charge in [-0.05, 0) is 57.0 Å². The van der Waals surface area contributed by atoms with Crippen molar-refractivity contribution in [1.29, 1.82) is 0 Å². The Morgan fingerprint density at radius 1 is 1.03 bits per heavy atom. The third-order valence-corrected chi connectivity index (χ3v) is 5.12. The van der Waals surface area contributed by atoms with Crippen LogP contribution in [0.5, 0.6) is 5.75 Å². The van der Waals surface area contributed by atoms with Gasteiger partial charge in [0.25, 0.3) is 11.8 Å². The average Bonchev–Trinajstić information content (AvgIpc) is 3.28. The third-order valence-electron chi connectivity index (χ3n) is 5.12. The summed E-state index contributed by atoms with van der Waals surface area (Å²) in [6, 6.07) is 14.8. The van der Waals surface area contributed by atoms with Crippen molar-refractivity contribution in [1.82, 2.24) is 4.90 Å². The Hall–Kier alpha value is -3.02. The first-order valence-electron chi connectivity index (χ1n) is 10.3. The van der Waals surface area contributed by atoms with Gasteiger partial charge in [0.05, 0.1) is 5.56 Å². The van der Waals surface area contributed by atoms with Crippen LogP contribution in [0.25, 0.3) is 0 Å². The van der Waals surface area contributed by atoms with Crippen molar-refractivity contribution in [2.75, 3.05) is 43.0 Å². The lowest BCUT2D eigenvalue weighted by molar-refractivity contribution is -0.118.